The van der Waals surface area contributed by atoms with Crippen molar-refractivity contribution in [2.75, 3.05) is 0 Å². The number of phenols is 1. The zero-order valence-corrected chi connectivity index (χ0v) is 8.30. The fourth-order valence-corrected chi connectivity index (χ4v) is 1.68. The molecule has 0 bridgehead atoms. The summed E-state index contributed by atoms with van der Waals surface area (Å²) in [5, 5.41) is 28.1. The number of phenolic OH excluding ortho intramolecular Hbond substituents is 1. The van der Waals surface area contributed by atoms with Gasteiger partial charge in [0.15, 0.2) is 0 Å². The molecule has 1 aromatic carbocycles. The predicted molar refractivity (Wildman–Crippen MR) is 56.0 cm³/mol. The molecule has 0 unspecified atom stereocenters. The molecule has 1 aromatic heterocycles. The van der Waals surface area contributed by atoms with Gasteiger partial charge in [0.25, 0.3) is 0 Å². The van der Waals surface area contributed by atoms with Crippen molar-refractivity contribution in [2.24, 2.45) is 0 Å². The van der Waals surface area contributed by atoms with Crippen molar-refractivity contribution < 1.29 is 19.7 Å². The van der Waals surface area contributed by atoms with Crippen molar-refractivity contribution in [1.29, 1.82) is 0 Å². The summed E-state index contributed by atoms with van der Waals surface area (Å²) < 4.78 is 4.82. The van der Waals surface area contributed by atoms with Crippen LogP contribution in [0.2, 0.25) is 0 Å². The Morgan fingerprint density at radius 2 is 1.94 bits per heavy atom. The van der Waals surface area contributed by atoms with E-state index < -0.39 is 12.2 Å². The average Bonchev–Trinajstić information content (AvgIpc) is 2.28. The van der Waals surface area contributed by atoms with Crippen LogP contribution in [0.1, 0.15) is 11.3 Å². The van der Waals surface area contributed by atoms with Gasteiger partial charge in [-0.25, -0.2) is 4.79 Å². The van der Waals surface area contributed by atoms with E-state index in [2.05, 4.69) is 0 Å². The van der Waals surface area contributed by atoms with E-state index in [0.717, 1.165) is 0 Å². The van der Waals surface area contributed by atoms with Crippen molar-refractivity contribution in [3.8, 4) is 5.75 Å². The lowest BCUT2D eigenvalue weighted by molar-refractivity contribution is 0.224. The molecule has 3 N–H and O–H groups in total. The van der Waals surface area contributed by atoms with Gasteiger partial charge in [-0.1, -0.05) is 12.1 Å². The van der Waals surface area contributed by atoms with Crippen LogP contribution in [0.15, 0.2) is 27.4 Å². The lowest BCUT2D eigenvalue weighted by atomic mass is 10.1. The number of fused-ring (bicyclic) bond motifs is 1. The van der Waals surface area contributed by atoms with E-state index in [1.54, 1.807) is 12.1 Å². The van der Waals surface area contributed by atoms with Crippen LogP contribution in [0, 0.1) is 0 Å². The van der Waals surface area contributed by atoms with Gasteiger partial charge in [-0.3, -0.25) is 0 Å². The summed E-state index contributed by atoms with van der Waals surface area (Å²) in [5.41, 5.74) is -0.414. The van der Waals surface area contributed by atoms with Gasteiger partial charge in [-0.2, -0.15) is 0 Å². The summed E-state index contributed by atoms with van der Waals surface area (Å²) in [6.07, 6.45) is 0. The molecule has 0 radical (unpaired) electrons. The van der Waals surface area contributed by atoms with Gasteiger partial charge in [0, 0.05) is 10.9 Å². The monoisotopic (exact) mass is 222 g/mol. The second-order valence-electron chi connectivity index (χ2n) is 3.31. The van der Waals surface area contributed by atoms with E-state index in [1.165, 1.54) is 6.07 Å². The largest absolute Gasteiger partial charge is 0.507 e. The Balaban J connectivity index is 2.98. The molecule has 16 heavy (non-hydrogen) atoms. The van der Waals surface area contributed by atoms with Crippen LogP contribution in [0.4, 0.5) is 0 Å². The maximum Gasteiger partial charge on any atom is 0.347 e. The third-order valence-corrected chi connectivity index (χ3v) is 2.43. The van der Waals surface area contributed by atoms with Crippen LogP contribution < -0.4 is 5.63 Å². The quantitative estimate of drug-likeness (QED) is 0.687. The van der Waals surface area contributed by atoms with Gasteiger partial charge in [0.05, 0.1) is 6.61 Å². The molecule has 0 fully saturated rings. The van der Waals surface area contributed by atoms with Gasteiger partial charge in [0.1, 0.15) is 23.5 Å². The van der Waals surface area contributed by atoms with Crippen LogP contribution in [-0.2, 0) is 13.2 Å². The fraction of sp³-hybridized carbons (Fsp3) is 0.182. The maximum atomic E-state index is 11.5. The smallest absolute Gasteiger partial charge is 0.347 e. The molecule has 0 saturated carbocycles. The second-order valence-corrected chi connectivity index (χ2v) is 3.31. The summed E-state index contributed by atoms with van der Waals surface area (Å²) >= 11 is 0. The second kappa shape index (κ2) is 3.96. The molecule has 0 aliphatic heterocycles. The minimum atomic E-state index is -0.727. The molecule has 2 aromatic rings. The first-order valence-electron chi connectivity index (χ1n) is 4.67. The zero-order valence-electron chi connectivity index (χ0n) is 8.30. The zero-order chi connectivity index (χ0) is 11.7. The van der Waals surface area contributed by atoms with Crippen LogP contribution in [0.25, 0.3) is 10.8 Å². The van der Waals surface area contributed by atoms with Gasteiger partial charge < -0.3 is 19.7 Å². The molecule has 0 aliphatic rings. The first kappa shape index (κ1) is 10.7. The summed E-state index contributed by atoms with van der Waals surface area (Å²) in [6.45, 7) is -0.851. The topological polar surface area (TPSA) is 90.9 Å². The molecule has 0 saturated heterocycles. The summed E-state index contributed by atoms with van der Waals surface area (Å²) in [6, 6.07) is 4.49. The molecule has 0 spiro atoms. The molecular formula is C11H10O5. The molecule has 84 valence electrons. The van der Waals surface area contributed by atoms with Crippen molar-refractivity contribution in [2.45, 2.75) is 13.2 Å². The summed E-state index contributed by atoms with van der Waals surface area (Å²) in [5.74, 6) is -0.184. The highest BCUT2D eigenvalue weighted by atomic mass is 16.4. The fourth-order valence-electron chi connectivity index (χ4n) is 1.68. The lowest BCUT2D eigenvalue weighted by Gasteiger charge is -2.07. The standard InChI is InChI=1S/C11H10O5/c12-4-7-6-2-1-3-8(14)10(6)11(15)16-9(7)5-13/h1-3,12-14H,4-5H2. The third kappa shape index (κ3) is 1.46. The van der Waals surface area contributed by atoms with E-state index in [9.17, 15) is 15.0 Å². The SMILES string of the molecule is O=c1oc(CO)c(CO)c2cccc(O)c12. The Morgan fingerprint density at radius 3 is 2.56 bits per heavy atom. The number of aliphatic hydroxyl groups excluding tert-OH is 2. The van der Waals surface area contributed by atoms with E-state index in [1.807, 2.05) is 0 Å². The molecule has 1 heterocycles. The van der Waals surface area contributed by atoms with Crippen molar-refractivity contribution in [3.63, 3.8) is 0 Å². The number of aliphatic hydroxyl groups is 2. The summed E-state index contributed by atoms with van der Waals surface area (Å²) in [4.78, 5) is 11.5. The van der Waals surface area contributed by atoms with E-state index in [0.29, 0.717) is 10.9 Å². The molecule has 0 atom stereocenters. The van der Waals surface area contributed by atoms with Crippen LogP contribution in [0.3, 0.4) is 0 Å². The van der Waals surface area contributed by atoms with Crippen LogP contribution >= 0.6 is 0 Å². The van der Waals surface area contributed by atoms with E-state index in [4.69, 9.17) is 9.52 Å². The highest BCUT2D eigenvalue weighted by Crippen LogP contribution is 2.26. The minimum absolute atomic E-state index is 0.0174. The van der Waals surface area contributed by atoms with Crippen molar-refractivity contribution >= 4 is 10.8 Å². The average molecular weight is 222 g/mol. The van der Waals surface area contributed by atoms with Crippen molar-refractivity contribution in [3.05, 3.63) is 39.9 Å². The third-order valence-electron chi connectivity index (χ3n) is 2.43. The molecular weight excluding hydrogens is 212 g/mol. The highest BCUT2D eigenvalue weighted by Gasteiger charge is 2.14. The van der Waals surface area contributed by atoms with Crippen molar-refractivity contribution in [1.82, 2.24) is 0 Å². The lowest BCUT2D eigenvalue weighted by Crippen LogP contribution is -2.07. The van der Waals surface area contributed by atoms with Gasteiger partial charge in [-0.05, 0) is 6.07 Å². The number of hydrogen-bond donors (Lipinski definition) is 3. The summed E-state index contributed by atoms with van der Waals surface area (Å²) in [7, 11) is 0. The Morgan fingerprint density at radius 1 is 1.19 bits per heavy atom. The van der Waals surface area contributed by atoms with E-state index in [-0.39, 0.29) is 23.5 Å². The highest BCUT2D eigenvalue weighted by molar-refractivity contribution is 5.89. The first-order valence-corrected chi connectivity index (χ1v) is 4.67. The number of aromatic hydroxyl groups is 1. The minimum Gasteiger partial charge on any atom is -0.507 e. The van der Waals surface area contributed by atoms with E-state index >= 15 is 0 Å². The van der Waals surface area contributed by atoms with Gasteiger partial charge in [0.2, 0.25) is 0 Å². The molecule has 0 amide bonds. The molecule has 5 heteroatoms. The Labute approximate surface area is 90.2 Å². The Hall–Kier alpha value is -1.85. The van der Waals surface area contributed by atoms with Gasteiger partial charge >= 0.3 is 5.63 Å². The Kier molecular flexibility index (Phi) is 2.64. The normalized spacial score (nSPS) is 10.9. The van der Waals surface area contributed by atoms with Gasteiger partial charge in [-0.15, -0.1) is 0 Å². The van der Waals surface area contributed by atoms with Crippen LogP contribution in [0.5, 0.6) is 5.75 Å². The molecule has 0 aliphatic carbocycles. The first-order chi connectivity index (χ1) is 7.69. The maximum absolute atomic E-state index is 11.5. The molecule has 2 rings (SSSR count). The number of benzene rings is 1. The molecule has 5 nitrogen and oxygen atoms in total. The number of hydrogen-bond acceptors (Lipinski definition) is 5. The predicted octanol–water partition coefficient (Wildman–Crippen LogP) is 0.483. The number of rotatable bonds is 2. The Bertz CT molecular complexity index is 585. The van der Waals surface area contributed by atoms with Crippen LogP contribution in [-0.4, -0.2) is 15.3 Å².